The van der Waals surface area contributed by atoms with Gasteiger partial charge in [-0.15, -0.1) is 0 Å². The minimum absolute atomic E-state index is 0.659. The number of para-hydroxylation sites is 1. The lowest BCUT2D eigenvalue weighted by Crippen LogP contribution is -2.46. The van der Waals surface area contributed by atoms with Crippen LogP contribution in [0.3, 0.4) is 0 Å². The second-order valence-corrected chi connectivity index (χ2v) is 4.88. The molecule has 2 heterocycles. The van der Waals surface area contributed by atoms with Crippen molar-refractivity contribution < 1.29 is 4.74 Å². The average molecular weight is 232 g/mol. The van der Waals surface area contributed by atoms with Crippen LogP contribution in [-0.4, -0.2) is 43.8 Å². The van der Waals surface area contributed by atoms with Gasteiger partial charge in [-0.1, -0.05) is 18.2 Å². The van der Waals surface area contributed by atoms with Crippen molar-refractivity contribution in [2.45, 2.75) is 18.9 Å². The van der Waals surface area contributed by atoms with Gasteiger partial charge >= 0.3 is 0 Å². The number of hydrogen-bond acceptors (Lipinski definition) is 3. The third kappa shape index (κ3) is 2.45. The minimum atomic E-state index is 0.659. The van der Waals surface area contributed by atoms with E-state index in [1.54, 1.807) is 0 Å². The van der Waals surface area contributed by atoms with E-state index in [-0.39, 0.29) is 0 Å². The number of aryl methyl sites for hydroxylation is 1. The molecule has 2 aliphatic rings. The monoisotopic (exact) mass is 232 g/mol. The first-order valence-electron chi connectivity index (χ1n) is 6.57. The molecule has 1 fully saturated rings. The van der Waals surface area contributed by atoms with Gasteiger partial charge in [-0.2, -0.15) is 0 Å². The number of ether oxygens (including phenoxy) is 1. The maximum atomic E-state index is 5.42. The molecule has 1 aromatic rings. The number of rotatable bonds is 1. The maximum absolute atomic E-state index is 5.42. The largest absolute Gasteiger partial charge is 0.383 e. The van der Waals surface area contributed by atoms with E-state index in [9.17, 15) is 0 Å². The van der Waals surface area contributed by atoms with Crippen molar-refractivity contribution in [1.82, 2.24) is 4.90 Å². The van der Waals surface area contributed by atoms with Crippen LogP contribution < -0.4 is 5.32 Å². The summed E-state index contributed by atoms with van der Waals surface area (Å²) in [5.74, 6) is 0. The summed E-state index contributed by atoms with van der Waals surface area (Å²) in [5.41, 5.74) is 2.78. The zero-order chi connectivity index (χ0) is 11.5. The fourth-order valence-electron chi connectivity index (χ4n) is 2.82. The molecule has 3 heteroatoms. The van der Waals surface area contributed by atoms with Gasteiger partial charge in [0.25, 0.3) is 0 Å². The van der Waals surface area contributed by atoms with E-state index in [0.717, 1.165) is 32.8 Å². The van der Waals surface area contributed by atoms with Gasteiger partial charge in [-0.25, -0.2) is 0 Å². The van der Waals surface area contributed by atoms with E-state index >= 15 is 0 Å². The summed E-state index contributed by atoms with van der Waals surface area (Å²) in [4.78, 5) is 2.57. The predicted molar refractivity (Wildman–Crippen MR) is 69.4 cm³/mol. The lowest BCUT2D eigenvalue weighted by Gasteiger charge is -2.33. The quantitative estimate of drug-likeness (QED) is 0.798. The number of nitrogens with one attached hydrogen (secondary N) is 1. The molecular weight excluding hydrogens is 212 g/mol. The van der Waals surface area contributed by atoms with Crippen molar-refractivity contribution in [2.75, 3.05) is 38.2 Å². The van der Waals surface area contributed by atoms with Crippen LogP contribution in [0, 0.1) is 0 Å². The summed E-state index contributed by atoms with van der Waals surface area (Å²) in [7, 11) is 0. The lowest BCUT2D eigenvalue weighted by molar-refractivity contribution is 0.0178. The fraction of sp³-hybridized carbons (Fsp3) is 0.571. The van der Waals surface area contributed by atoms with E-state index in [1.807, 2.05) is 0 Å². The highest BCUT2D eigenvalue weighted by atomic mass is 16.5. The summed E-state index contributed by atoms with van der Waals surface area (Å²) >= 11 is 0. The molecular formula is C14H20N2O. The Balaban J connectivity index is 1.68. The maximum Gasteiger partial charge on any atom is 0.0594 e. The molecule has 0 spiro atoms. The number of benzene rings is 1. The Bertz CT molecular complexity index is 347. The van der Waals surface area contributed by atoms with E-state index in [0.29, 0.717) is 6.04 Å². The van der Waals surface area contributed by atoms with Gasteiger partial charge in [-0.05, 0) is 24.5 Å². The first-order chi connectivity index (χ1) is 8.43. The summed E-state index contributed by atoms with van der Waals surface area (Å²) in [6.45, 7) is 5.02. The Morgan fingerprint density at radius 3 is 2.88 bits per heavy atom. The molecule has 1 N–H and O–H groups in total. The molecule has 0 radical (unpaired) electrons. The zero-order valence-electron chi connectivity index (χ0n) is 10.2. The van der Waals surface area contributed by atoms with Gasteiger partial charge in [0.05, 0.1) is 13.2 Å². The van der Waals surface area contributed by atoms with Gasteiger partial charge in [0.1, 0.15) is 0 Å². The molecule has 2 aliphatic heterocycles. The predicted octanol–water partition coefficient (Wildman–Crippen LogP) is 1.75. The van der Waals surface area contributed by atoms with Crippen LogP contribution in [0.4, 0.5) is 5.69 Å². The van der Waals surface area contributed by atoms with Crippen LogP contribution in [0.15, 0.2) is 24.3 Å². The third-order valence-electron chi connectivity index (χ3n) is 3.85. The van der Waals surface area contributed by atoms with Crippen LogP contribution in [0.2, 0.25) is 0 Å². The van der Waals surface area contributed by atoms with Crippen molar-refractivity contribution in [3.63, 3.8) is 0 Å². The molecule has 1 atom stereocenters. The number of anilines is 1. The number of morpholine rings is 1. The minimum Gasteiger partial charge on any atom is -0.383 e. The molecule has 1 unspecified atom stereocenters. The second-order valence-electron chi connectivity index (χ2n) is 4.88. The van der Waals surface area contributed by atoms with Gasteiger partial charge in [0, 0.05) is 31.4 Å². The van der Waals surface area contributed by atoms with Crippen LogP contribution in [-0.2, 0) is 11.2 Å². The molecule has 1 saturated heterocycles. The normalized spacial score (nSPS) is 25.8. The van der Waals surface area contributed by atoms with Crippen molar-refractivity contribution in [3.8, 4) is 0 Å². The topological polar surface area (TPSA) is 24.5 Å². The molecule has 3 rings (SSSR count). The highest BCUT2D eigenvalue weighted by Crippen LogP contribution is 2.23. The van der Waals surface area contributed by atoms with Crippen LogP contribution >= 0.6 is 0 Å². The van der Waals surface area contributed by atoms with E-state index < -0.39 is 0 Å². The van der Waals surface area contributed by atoms with E-state index in [1.165, 1.54) is 24.1 Å². The Morgan fingerprint density at radius 2 is 2.00 bits per heavy atom. The molecule has 0 amide bonds. The molecule has 92 valence electrons. The second kappa shape index (κ2) is 5.07. The van der Waals surface area contributed by atoms with Gasteiger partial charge < -0.3 is 10.1 Å². The summed E-state index contributed by atoms with van der Waals surface area (Å²) in [6, 6.07) is 9.34. The highest BCUT2D eigenvalue weighted by Gasteiger charge is 2.23. The van der Waals surface area contributed by atoms with E-state index in [4.69, 9.17) is 4.74 Å². The third-order valence-corrected chi connectivity index (χ3v) is 3.85. The molecule has 1 aromatic carbocycles. The highest BCUT2D eigenvalue weighted by molar-refractivity contribution is 5.52. The van der Waals surface area contributed by atoms with Gasteiger partial charge in [0.15, 0.2) is 0 Å². The molecule has 0 saturated carbocycles. The molecule has 0 aliphatic carbocycles. The number of nitrogens with zero attached hydrogens (tertiary/aromatic N) is 1. The first-order valence-corrected chi connectivity index (χ1v) is 6.57. The molecule has 0 bridgehead atoms. The standard InChI is InChI=1S/C14H20N2O/c1-2-4-14-12(3-1)5-6-13(11-15-14)16-7-9-17-10-8-16/h1-4,13,15H,5-11H2. The van der Waals surface area contributed by atoms with Crippen LogP contribution in [0.1, 0.15) is 12.0 Å². The first kappa shape index (κ1) is 11.1. The Hall–Kier alpha value is -1.06. The zero-order valence-corrected chi connectivity index (χ0v) is 10.2. The average Bonchev–Trinajstić information content (AvgIpc) is 2.62. The van der Waals surface area contributed by atoms with Crippen molar-refractivity contribution >= 4 is 5.69 Å². The Labute approximate surface area is 103 Å². The fourth-order valence-corrected chi connectivity index (χ4v) is 2.82. The Morgan fingerprint density at radius 1 is 1.18 bits per heavy atom. The van der Waals surface area contributed by atoms with Crippen LogP contribution in [0.25, 0.3) is 0 Å². The molecule has 17 heavy (non-hydrogen) atoms. The van der Waals surface area contributed by atoms with Gasteiger partial charge in [0.2, 0.25) is 0 Å². The number of hydrogen-bond donors (Lipinski definition) is 1. The van der Waals surface area contributed by atoms with Crippen LogP contribution in [0.5, 0.6) is 0 Å². The van der Waals surface area contributed by atoms with Crippen molar-refractivity contribution in [2.24, 2.45) is 0 Å². The molecule has 3 nitrogen and oxygen atoms in total. The smallest absolute Gasteiger partial charge is 0.0594 e. The lowest BCUT2D eigenvalue weighted by atomic mass is 10.1. The Kier molecular flexibility index (Phi) is 3.29. The van der Waals surface area contributed by atoms with Crippen molar-refractivity contribution in [1.29, 1.82) is 0 Å². The molecule has 0 aromatic heterocycles. The SMILES string of the molecule is c1ccc2c(c1)CCC(N1CCOCC1)CN2. The summed E-state index contributed by atoms with van der Waals surface area (Å²) in [6.07, 6.45) is 2.44. The summed E-state index contributed by atoms with van der Waals surface area (Å²) < 4.78 is 5.42. The number of fused-ring (bicyclic) bond motifs is 1. The van der Waals surface area contributed by atoms with Gasteiger partial charge in [-0.3, -0.25) is 4.90 Å². The van der Waals surface area contributed by atoms with Crippen molar-refractivity contribution in [3.05, 3.63) is 29.8 Å². The van der Waals surface area contributed by atoms with E-state index in [2.05, 4.69) is 34.5 Å². The summed E-state index contributed by atoms with van der Waals surface area (Å²) in [5, 5.41) is 3.59.